The van der Waals surface area contributed by atoms with E-state index in [1.807, 2.05) is 24.3 Å². The van der Waals surface area contributed by atoms with E-state index in [1.54, 1.807) is 0 Å². The number of hydrogen-bond acceptors (Lipinski definition) is 3. The van der Waals surface area contributed by atoms with Crippen LogP contribution in [0.1, 0.15) is 5.56 Å². The highest BCUT2D eigenvalue weighted by Crippen LogP contribution is 2.11. The molecule has 0 aliphatic rings. The van der Waals surface area contributed by atoms with Crippen molar-refractivity contribution in [1.82, 2.24) is 5.32 Å². The van der Waals surface area contributed by atoms with Crippen molar-refractivity contribution in [3.05, 3.63) is 34.3 Å². The third kappa shape index (κ3) is 5.06. The topological polar surface area (TPSA) is 55.4 Å². The van der Waals surface area contributed by atoms with Gasteiger partial charge >= 0.3 is 5.97 Å². The molecule has 1 atom stereocenters. The van der Waals surface area contributed by atoms with E-state index in [0.29, 0.717) is 0 Å². The van der Waals surface area contributed by atoms with Crippen molar-refractivity contribution in [2.75, 3.05) is 13.7 Å². The maximum Gasteiger partial charge on any atom is 0.325 e. The number of hydrogen-bond donors (Lipinski definition) is 1. The van der Waals surface area contributed by atoms with E-state index >= 15 is 0 Å². The van der Waals surface area contributed by atoms with E-state index in [-0.39, 0.29) is 18.9 Å². The van der Waals surface area contributed by atoms with E-state index in [2.05, 4.69) is 26.0 Å². The van der Waals surface area contributed by atoms with Crippen LogP contribution in [0.5, 0.6) is 0 Å². The first-order valence-electron chi connectivity index (χ1n) is 5.26. The predicted octanol–water partition coefficient (Wildman–Crippen LogP) is 1.89. The standard InChI is InChI=1S/C12H13BrClNO3/c1-18-12(17)10(14)7-15-11(16)6-8-3-2-4-9(13)5-8/h2-5,10H,6-7H2,1H3,(H,15,16). The van der Waals surface area contributed by atoms with Gasteiger partial charge in [-0.25, -0.2) is 0 Å². The zero-order valence-electron chi connectivity index (χ0n) is 9.78. The number of carbonyl (C=O) groups excluding carboxylic acids is 2. The van der Waals surface area contributed by atoms with Crippen molar-refractivity contribution in [2.45, 2.75) is 11.8 Å². The molecule has 1 unspecified atom stereocenters. The molecule has 0 bridgehead atoms. The Balaban J connectivity index is 2.41. The van der Waals surface area contributed by atoms with E-state index in [9.17, 15) is 9.59 Å². The zero-order chi connectivity index (χ0) is 13.5. The second kappa shape index (κ2) is 7.38. The van der Waals surface area contributed by atoms with Gasteiger partial charge in [0.25, 0.3) is 0 Å². The summed E-state index contributed by atoms with van der Waals surface area (Å²) < 4.78 is 5.36. The van der Waals surface area contributed by atoms with Gasteiger partial charge in [0.15, 0.2) is 0 Å². The van der Waals surface area contributed by atoms with Crippen LogP contribution < -0.4 is 5.32 Å². The second-order valence-corrected chi connectivity index (χ2v) is 5.04. The molecule has 98 valence electrons. The fourth-order valence-corrected chi connectivity index (χ4v) is 1.92. The summed E-state index contributed by atoms with van der Waals surface area (Å²) in [4.78, 5) is 22.6. The van der Waals surface area contributed by atoms with Crippen molar-refractivity contribution >= 4 is 39.4 Å². The molecule has 0 aliphatic heterocycles. The van der Waals surface area contributed by atoms with Crippen molar-refractivity contribution in [1.29, 1.82) is 0 Å². The number of carbonyl (C=O) groups is 2. The van der Waals surface area contributed by atoms with Gasteiger partial charge in [0.05, 0.1) is 13.5 Å². The summed E-state index contributed by atoms with van der Waals surface area (Å²) >= 11 is 9.04. The molecule has 1 aromatic rings. The normalized spacial score (nSPS) is 11.7. The minimum absolute atomic E-state index is 0.0566. The first-order valence-corrected chi connectivity index (χ1v) is 6.49. The lowest BCUT2D eigenvalue weighted by Crippen LogP contribution is -2.35. The van der Waals surface area contributed by atoms with Gasteiger partial charge in [-0.05, 0) is 17.7 Å². The maximum atomic E-state index is 11.6. The van der Waals surface area contributed by atoms with Gasteiger partial charge in [-0.2, -0.15) is 0 Å². The Kier molecular flexibility index (Phi) is 6.15. The smallest absolute Gasteiger partial charge is 0.325 e. The van der Waals surface area contributed by atoms with Gasteiger partial charge in [0, 0.05) is 11.0 Å². The number of methoxy groups -OCH3 is 1. The van der Waals surface area contributed by atoms with Crippen LogP contribution >= 0.6 is 27.5 Å². The summed E-state index contributed by atoms with van der Waals surface area (Å²) in [6.45, 7) is 0.0566. The number of nitrogens with one attached hydrogen (secondary N) is 1. The van der Waals surface area contributed by atoms with Gasteiger partial charge in [-0.15, -0.1) is 11.6 Å². The molecule has 18 heavy (non-hydrogen) atoms. The Morgan fingerprint density at radius 1 is 1.50 bits per heavy atom. The van der Waals surface area contributed by atoms with Crippen molar-refractivity contribution in [3.8, 4) is 0 Å². The van der Waals surface area contributed by atoms with Crippen LogP contribution in [0.3, 0.4) is 0 Å². The molecule has 0 fully saturated rings. The summed E-state index contributed by atoms with van der Waals surface area (Å²) in [6, 6.07) is 7.44. The van der Waals surface area contributed by atoms with Crippen LogP contribution in [-0.4, -0.2) is 30.9 Å². The quantitative estimate of drug-likeness (QED) is 0.661. The number of alkyl halides is 1. The molecule has 0 aliphatic carbocycles. The second-order valence-electron chi connectivity index (χ2n) is 3.60. The zero-order valence-corrected chi connectivity index (χ0v) is 12.1. The fraction of sp³-hybridized carbons (Fsp3) is 0.333. The van der Waals surface area contributed by atoms with Crippen LogP contribution in [0.15, 0.2) is 28.7 Å². The molecular weight excluding hydrogens is 321 g/mol. The van der Waals surface area contributed by atoms with Crippen molar-refractivity contribution < 1.29 is 14.3 Å². The Morgan fingerprint density at radius 3 is 2.83 bits per heavy atom. The number of esters is 1. The van der Waals surface area contributed by atoms with Crippen LogP contribution in [-0.2, 0) is 20.7 Å². The molecule has 6 heteroatoms. The van der Waals surface area contributed by atoms with Gasteiger partial charge in [0.1, 0.15) is 5.38 Å². The molecular formula is C12H13BrClNO3. The van der Waals surface area contributed by atoms with Gasteiger partial charge in [-0.3, -0.25) is 9.59 Å². The number of amides is 1. The molecule has 1 aromatic carbocycles. The number of ether oxygens (including phenoxy) is 1. The molecule has 1 rings (SSSR count). The summed E-state index contributed by atoms with van der Waals surface area (Å²) in [5.74, 6) is -0.748. The van der Waals surface area contributed by atoms with Gasteiger partial charge in [0.2, 0.25) is 5.91 Å². The molecule has 0 saturated carbocycles. The molecule has 1 amide bonds. The summed E-state index contributed by atoms with van der Waals surface area (Å²) in [7, 11) is 1.25. The Labute approximate surface area is 119 Å². The van der Waals surface area contributed by atoms with Crippen LogP contribution in [0.2, 0.25) is 0 Å². The average molecular weight is 335 g/mol. The van der Waals surface area contributed by atoms with Crippen molar-refractivity contribution in [3.63, 3.8) is 0 Å². The van der Waals surface area contributed by atoms with E-state index in [4.69, 9.17) is 11.6 Å². The molecule has 0 spiro atoms. The highest BCUT2D eigenvalue weighted by Gasteiger charge is 2.16. The lowest BCUT2D eigenvalue weighted by atomic mass is 10.1. The van der Waals surface area contributed by atoms with E-state index < -0.39 is 11.3 Å². The number of halogens is 2. The predicted molar refractivity (Wildman–Crippen MR) is 72.5 cm³/mol. The third-order valence-electron chi connectivity index (χ3n) is 2.19. The SMILES string of the molecule is COC(=O)C(Cl)CNC(=O)Cc1cccc(Br)c1. The van der Waals surface area contributed by atoms with Crippen LogP contribution in [0.25, 0.3) is 0 Å². The lowest BCUT2D eigenvalue weighted by molar-refractivity contribution is -0.140. The Morgan fingerprint density at radius 2 is 2.22 bits per heavy atom. The van der Waals surface area contributed by atoms with E-state index in [1.165, 1.54) is 7.11 Å². The molecule has 0 aromatic heterocycles. The highest BCUT2D eigenvalue weighted by molar-refractivity contribution is 9.10. The maximum absolute atomic E-state index is 11.6. The van der Waals surface area contributed by atoms with Gasteiger partial charge < -0.3 is 10.1 Å². The number of rotatable bonds is 5. The fourth-order valence-electron chi connectivity index (χ4n) is 1.31. The van der Waals surface area contributed by atoms with Crippen molar-refractivity contribution in [2.24, 2.45) is 0 Å². The minimum Gasteiger partial charge on any atom is -0.468 e. The number of benzene rings is 1. The molecule has 0 saturated heterocycles. The Bertz CT molecular complexity index is 439. The van der Waals surface area contributed by atoms with Gasteiger partial charge in [-0.1, -0.05) is 28.1 Å². The van der Waals surface area contributed by atoms with Crippen LogP contribution in [0.4, 0.5) is 0 Å². The first kappa shape index (κ1) is 15.0. The minimum atomic E-state index is -0.860. The monoisotopic (exact) mass is 333 g/mol. The summed E-state index contributed by atoms with van der Waals surface area (Å²) in [5, 5.41) is 1.72. The molecule has 4 nitrogen and oxygen atoms in total. The summed E-state index contributed by atoms with van der Waals surface area (Å²) in [6.07, 6.45) is 0.240. The highest BCUT2D eigenvalue weighted by atomic mass is 79.9. The molecule has 0 radical (unpaired) electrons. The largest absolute Gasteiger partial charge is 0.468 e. The average Bonchev–Trinajstić information content (AvgIpc) is 2.35. The lowest BCUT2D eigenvalue weighted by Gasteiger charge is -2.09. The molecule has 1 N–H and O–H groups in total. The molecule has 0 heterocycles. The first-order chi connectivity index (χ1) is 8.52. The van der Waals surface area contributed by atoms with Crippen LogP contribution in [0, 0.1) is 0 Å². The van der Waals surface area contributed by atoms with E-state index in [0.717, 1.165) is 10.0 Å². The summed E-state index contributed by atoms with van der Waals surface area (Å²) in [5.41, 5.74) is 0.881. The Hall–Kier alpha value is -1.07. The third-order valence-corrected chi connectivity index (χ3v) is 3.01.